The number of likely N-dealkylation sites (tertiary alicyclic amines) is 1. The normalized spacial score (nSPS) is 18.8. The molecule has 1 aliphatic heterocycles. The summed E-state index contributed by atoms with van der Waals surface area (Å²) in [5, 5.41) is 2.13. The molecule has 124 valence electrons. The van der Waals surface area contributed by atoms with E-state index in [2.05, 4.69) is 36.3 Å². The van der Waals surface area contributed by atoms with Crippen LogP contribution in [0.15, 0.2) is 29.4 Å². The molecular weight excluding hydrogens is 320 g/mol. The van der Waals surface area contributed by atoms with Crippen LogP contribution in [0, 0.1) is 6.92 Å². The van der Waals surface area contributed by atoms with Crippen LogP contribution in [0.1, 0.15) is 36.0 Å². The molecule has 3 aromatic heterocycles. The molecule has 4 rings (SSSR count). The molecule has 0 unspecified atom stereocenters. The van der Waals surface area contributed by atoms with Gasteiger partial charge in [0.2, 0.25) is 0 Å². The summed E-state index contributed by atoms with van der Waals surface area (Å²) in [5.41, 5.74) is 5.06. The number of thiazole rings is 1. The Labute approximate surface area is 145 Å². The number of aryl methyl sites for hydroxylation is 1. The van der Waals surface area contributed by atoms with Crippen molar-refractivity contribution in [3.8, 4) is 11.5 Å². The lowest BCUT2D eigenvalue weighted by molar-refractivity contribution is 0.196. The Kier molecular flexibility index (Phi) is 4.36. The lowest BCUT2D eigenvalue weighted by atomic mass is 9.94. The minimum atomic E-state index is 0.438. The Morgan fingerprint density at radius 1 is 1.33 bits per heavy atom. The summed E-state index contributed by atoms with van der Waals surface area (Å²) >= 11 is 1.66. The van der Waals surface area contributed by atoms with Crippen molar-refractivity contribution in [1.29, 1.82) is 0 Å². The zero-order valence-corrected chi connectivity index (χ0v) is 14.5. The largest absolute Gasteiger partial charge is 0.343 e. The molecule has 1 saturated heterocycles. The second-order valence-electron chi connectivity index (χ2n) is 6.22. The quantitative estimate of drug-likeness (QED) is 0.790. The van der Waals surface area contributed by atoms with Gasteiger partial charge in [-0.3, -0.25) is 4.90 Å². The van der Waals surface area contributed by atoms with Crippen LogP contribution in [-0.4, -0.2) is 42.9 Å². The van der Waals surface area contributed by atoms with Crippen molar-refractivity contribution in [1.82, 2.24) is 29.8 Å². The van der Waals surface area contributed by atoms with E-state index in [4.69, 9.17) is 4.98 Å². The average molecular weight is 340 g/mol. The first-order valence-corrected chi connectivity index (χ1v) is 9.17. The van der Waals surface area contributed by atoms with Gasteiger partial charge in [-0.1, -0.05) is 0 Å². The second-order valence-corrected chi connectivity index (χ2v) is 6.94. The van der Waals surface area contributed by atoms with Crippen LogP contribution in [0.5, 0.6) is 0 Å². The number of hydrogen-bond donors (Lipinski definition) is 1. The number of hydrogen-bond acceptors (Lipinski definition) is 6. The van der Waals surface area contributed by atoms with Gasteiger partial charge in [-0.25, -0.2) is 19.9 Å². The summed E-state index contributed by atoms with van der Waals surface area (Å²) in [7, 11) is 0. The first-order chi connectivity index (χ1) is 11.8. The molecule has 0 aromatic carbocycles. The number of rotatable bonds is 4. The fourth-order valence-corrected chi connectivity index (χ4v) is 3.86. The van der Waals surface area contributed by atoms with E-state index < -0.39 is 0 Å². The molecule has 3 aromatic rings. The third-order valence-corrected chi connectivity index (χ3v) is 5.03. The fraction of sp³-hybridized carbons (Fsp3) is 0.412. The van der Waals surface area contributed by atoms with Crippen LogP contribution in [0.3, 0.4) is 0 Å². The molecular formula is C17H20N6S. The average Bonchev–Trinajstić information content (AvgIpc) is 3.28. The van der Waals surface area contributed by atoms with E-state index >= 15 is 0 Å². The van der Waals surface area contributed by atoms with Crippen LogP contribution in [0.25, 0.3) is 11.5 Å². The van der Waals surface area contributed by atoms with Crippen molar-refractivity contribution >= 4 is 11.3 Å². The van der Waals surface area contributed by atoms with E-state index in [1.807, 2.05) is 18.6 Å². The zero-order chi connectivity index (χ0) is 16.4. The van der Waals surface area contributed by atoms with Gasteiger partial charge in [0.1, 0.15) is 11.5 Å². The molecule has 1 aliphatic rings. The number of aromatic nitrogens is 5. The van der Waals surface area contributed by atoms with Crippen molar-refractivity contribution in [2.45, 2.75) is 32.2 Å². The number of aromatic amines is 1. The highest BCUT2D eigenvalue weighted by Gasteiger charge is 2.24. The summed E-state index contributed by atoms with van der Waals surface area (Å²) in [5.74, 6) is 2.04. The van der Waals surface area contributed by atoms with Crippen LogP contribution in [-0.2, 0) is 6.54 Å². The summed E-state index contributed by atoms with van der Waals surface area (Å²) in [4.78, 5) is 23.6. The van der Waals surface area contributed by atoms with Crippen molar-refractivity contribution in [3.63, 3.8) is 0 Å². The Bertz CT molecular complexity index is 784. The molecule has 7 heteroatoms. The summed E-state index contributed by atoms with van der Waals surface area (Å²) in [6, 6.07) is 2.09. The van der Waals surface area contributed by atoms with E-state index in [-0.39, 0.29) is 0 Å². The van der Waals surface area contributed by atoms with E-state index in [0.29, 0.717) is 5.92 Å². The number of nitrogens with zero attached hydrogens (tertiary/aromatic N) is 5. The highest BCUT2D eigenvalue weighted by molar-refractivity contribution is 7.07. The molecule has 0 bridgehead atoms. The van der Waals surface area contributed by atoms with Gasteiger partial charge in [-0.05, 0) is 32.4 Å². The SMILES string of the molecule is Cc1nc(-c2ncc[nH]2)cc([C@H]2CCCN(Cc3cscn3)C2)n1. The van der Waals surface area contributed by atoms with E-state index in [9.17, 15) is 0 Å². The molecule has 1 N–H and O–H groups in total. The minimum Gasteiger partial charge on any atom is -0.343 e. The zero-order valence-electron chi connectivity index (χ0n) is 13.6. The fourth-order valence-electron chi connectivity index (χ4n) is 3.31. The van der Waals surface area contributed by atoms with Gasteiger partial charge in [-0.15, -0.1) is 11.3 Å². The number of nitrogens with one attached hydrogen (secondary N) is 1. The second kappa shape index (κ2) is 6.78. The summed E-state index contributed by atoms with van der Waals surface area (Å²) in [6.07, 6.45) is 5.93. The molecule has 24 heavy (non-hydrogen) atoms. The number of H-pyrrole nitrogens is 1. The minimum absolute atomic E-state index is 0.438. The Morgan fingerprint density at radius 3 is 3.08 bits per heavy atom. The topological polar surface area (TPSA) is 70.6 Å². The molecule has 0 saturated carbocycles. The van der Waals surface area contributed by atoms with Crippen molar-refractivity contribution in [3.05, 3.63) is 46.6 Å². The lowest BCUT2D eigenvalue weighted by Gasteiger charge is -2.32. The third-order valence-electron chi connectivity index (χ3n) is 4.39. The van der Waals surface area contributed by atoms with Gasteiger partial charge in [-0.2, -0.15) is 0 Å². The van der Waals surface area contributed by atoms with Crippen molar-refractivity contribution in [2.75, 3.05) is 13.1 Å². The molecule has 1 atom stereocenters. The van der Waals surface area contributed by atoms with E-state index in [1.165, 1.54) is 12.8 Å². The Morgan fingerprint density at radius 2 is 2.29 bits per heavy atom. The summed E-state index contributed by atoms with van der Waals surface area (Å²) < 4.78 is 0. The maximum absolute atomic E-state index is 4.71. The highest BCUT2D eigenvalue weighted by Crippen LogP contribution is 2.28. The number of piperidine rings is 1. The smallest absolute Gasteiger partial charge is 0.156 e. The monoisotopic (exact) mass is 340 g/mol. The lowest BCUT2D eigenvalue weighted by Crippen LogP contribution is -2.34. The van der Waals surface area contributed by atoms with Crippen LogP contribution in [0.4, 0.5) is 0 Å². The maximum Gasteiger partial charge on any atom is 0.156 e. The first kappa shape index (κ1) is 15.4. The van der Waals surface area contributed by atoms with Crippen LogP contribution >= 0.6 is 11.3 Å². The first-order valence-electron chi connectivity index (χ1n) is 8.22. The van der Waals surface area contributed by atoms with Gasteiger partial charge in [0.25, 0.3) is 0 Å². The van der Waals surface area contributed by atoms with Gasteiger partial charge >= 0.3 is 0 Å². The Hall–Kier alpha value is -2.12. The third kappa shape index (κ3) is 3.37. The van der Waals surface area contributed by atoms with Crippen molar-refractivity contribution in [2.24, 2.45) is 0 Å². The molecule has 0 aliphatic carbocycles. The highest BCUT2D eigenvalue weighted by atomic mass is 32.1. The van der Waals surface area contributed by atoms with Gasteiger partial charge in [0.15, 0.2) is 5.82 Å². The maximum atomic E-state index is 4.71. The molecule has 6 nitrogen and oxygen atoms in total. The predicted molar refractivity (Wildman–Crippen MR) is 93.7 cm³/mol. The number of imidazole rings is 1. The van der Waals surface area contributed by atoms with Gasteiger partial charge in [0, 0.05) is 42.5 Å². The molecule has 0 radical (unpaired) electrons. The van der Waals surface area contributed by atoms with Crippen LogP contribution in [0.2, 0.25) is 0 Å². The predicted octanol–water partition coefficient (Wildman–Crippen LogP) is 3.01. The molecule has 0 spiro atoms. The molecule has 4 heterocycles. The van der Waals surface area contributed by atoms with Gasteiger partial charge in [0.05, 0.1) is 11.2 Å². The Balaban J connectivity index is 1.54. The standard InChI is InChI=1S/C17H20N6S/c1-12-21-15(7-16(22-12)17-18-4-5-19-17)13-3-2-6-23(8-13)9-14-10-24-11-20-14/h4-5,7,10-11,13H,2-3,6,8-9H2,1H3,(H,18,19)/t13-/m0/s1. The van der Waals surface area contributed by atoms with Gasteiger partial charge < -0.3 is 4.98 Å². The molecule has 1 fully saturated rings. The van der Waals surface area contributed by atoms with E-state index in [1.54, 1.807) is 17.5 Å². The van der Waals surface area contributed by atoms with E-state index in [0.717, 1.165) is 48.4 Å². The van der Waals surface area contributed by atoms with Crippen molar-refractivity contribution < 1.29 is 0 Å². The summed E-state index contributed by atoms with van der Waals surface area (Å²) in [6.45, 7) is 5.02. The molecule has 0 amide bonds. The van der Waals surface area contributed by atoms with Crippen LogP contribution < -0.4 is 0 Å².